The highest BCUT2D eigenvalue weighted by Gasteiger charge is 1.99. The van der Waals surface area contributed by atoms with Crippen LogP contribution in [0.5, 0.6) is 0 Å². The van der Waals surface area contributed by atoms with Crippen LogP contribution in [0.25, 0.3) is 0 Å². The second-order valence-corrected chi connectivity index (χ2v) is 4.65. The van der Waals surface area contributed by atoms with E-state index in [-0.39, 0.29) is 5.91 Å². The molecule has 1 aromatic rings. The van der Waals surface area contributed by atoms with Gasteiger partial charge in [0.05, 0.1) is 0 Å². The lowest BCUT2D eigenvalue weighted by Crippen LogP contribution is -2.35. The molecule has 0 aliphatic heterocycles. The molecule has 0 saturated heterocycles. The Labute approximate surface area is 113 Å². The molecule has 98 valence electrons. The number of carbonyl (C=O) groups excluding carboxylic acids is 1. The van der Waals surface area contributed by atoms with E-state index in [1.54, 1.807) is 0 Å². The van der Waals surface area contributed by atoms with Crippen LogP contribution in [0.15, 0.2) is 18.2 Å². The van der Waals surface area contributed by atoms with E-state index in [1.807, 2.05) is 26.0 Å². The summed E-state index contributed by atoms with van der Waals surface area (Å²) in [5, 5.41) is 9.40. The summed E-state index contributed by atoms with van der Waals surface area (Å²) >= 11 is 5.17. The maximum absolute atomic E-state index is 10.7. The van der Waals surface area contributed by atoms with Crippen LogP contribution < -0.4 is 16.0 Å². The van der Waals surface area contributed by atoms with Crippen LogP contribution in [-0.2, 0) is 4.79 Å². The van der Waals surface area contributed by atoms with Gasteiger partial charge in [0.2, 0.25) is 5.91 Å². The van der Waals surface area contributed by atoms with Crippen molar-refractivity contribution in [1.29, 1.82) is 0 Å². The molecule has 0 bridgehead atoms. The van der Waals surface area contributed by atoms with Crippen molar-refractivity contribution in [3.63, 3.8) is 0 Å². The van der Waals surface area contributed by atoms with Gasteiger partial charge in [0.15, 0.2) is 5.11 Å². The highest BCUT2D eigenvalue weighted by atomic mass is 32.1. The number of thiocarbonyl (C=S) groups is 1. The predicted octanol–water partition coefficient (Wildman–Crippen LogP) is 1.73. The largest absolute Gasteiger partial charge is 0.361 e. The zero-order valence-electron chi connectivity index (χ0n) is 11.0. The van der Waals surface area contributed by atoms with Crippen LogP contribution in [0.3, 0.4) is 0 Å². The standard InChI is InChI=1S/C13H19N3OS/c1-9-6-10(2)8-12(7-9)16-13(18)15-5-4-14-11(3)17/h6-8H,4-5H2,1-3H3,(H,14,17)(H2,15,16,18). The Morgan fingerprint density at radius 1 is 1.11 bits per heavy atom. The SMILES string of the molecule is CC(=O)NCCNC(=S)Nc1cc(C)cc(C)c1. The fourth-order valence-corrected chi connectivity index (χ4v) is 1.86. The molecule has 0 aliphatic carbocycles. The van der Waals surface area contributed by atoms with E-state index in [1.165, 1.54) is 18.1 Å². The second-order valence-electron chi connectivity index (χ2n) is 4.24. The average molecular weight is 265 g/mol. The van der Waals surface area contributed by atoms with E-state index in [9.17, 15) is 4.79 Å². The third-order valence-corrected chi connectivity index (χ3v) is 2.51. The van der Waals surface area contributed by atoms with Gasteiger partial charge in [-0.1, -0.05) is 6.07 Å². The summed E-state index contributed by atoms with van der Waals surface area (Å²) in [7, 11) is 0. The summed E-state index contributed by atoms with van der Waals surface area (Å²) in [6.45, 7) is 6.75. The van der Waals surface area contributed by atoms with Crippen LogP contribution in [0.1, 0.15) is 18.1 Å². The Hall–Kier alpha value is -1.62. The van der Waals surface area contributed by atoms with E-state index in [0.717, 1.165) is 5.69 Å². The minimum absolute atomic E-state index is 0.0370. The molecule has 0 heterocycles. The van der Waals surface area contributed by atoms with Gasteiger partial charge in [0, 0.05) is 25.7 Å². The van der Waals surface area contributed by atoms with Gasteiger partial charge in [0.1, 0.15) is 0 Å². The molecule has 3 N–H and O–H groups in total. The van der Waals surface area contributed by atoms with Crippen LogP contribution in [0, 0.1) is 13.8 Å². The highest BCUT2D eigenvalue weighted by molar-refractivity contribution is 7.80. The van der Waals surface area contributed by atoms with Gasteiger partial charge in [-0.05, 0) is 49.3 Å². The second kappa shape index (κ2) is 6.96. The summed E-state index contributed by atoms with van der Waals surface area (Å²) in [6, 6.07) is 6.18. The molecule has 0 saturated carbocycles. The Kier molecular flexibility index (Phi) is 5.58. The van der Waals surface area contributed by atoms with Crippen molar-refractivity contribution in [2.24, 2.45) is 0 Å². The molecule has 5 heteroatoms. The highest BCUT2D eigenvalue weighted by Crippen LogP contribution is 2.13. The number of nitrogens with one attached hydrogen (secondary N) is 3. The van der Waals surface area contributed by atoms with Crippen molar-refractivity contribution >= 4 is 28.9 Å². The molecule has 1 rings (SSSR count). The van der Waals surface area contributed by atoms with Gasteiger partial charge in [-0.3, -0.25) is 4.79 Å². The first-order chi connectivity index (χ1) is 8.47. The smallest absolute Gasteiger partial charge is 0.216 e. The lowest BCUT2D eigenvalue weighted by molar-refractivity contribution is -0.118. The number of amides is 1. The number of anilines is 1. The van der Waals surface area contributed by atoms with Crippen molar-refractivity contribution in [2.75, 3.05) is 18.4 Å². The quantitative estimate of drug-likeness (QED) is 0.573. The number of hydrogen-bond donors (Lipinski definition) is 3. The van der Waals surface area contributed by atoms with E-state index in [4.69, 9.17) is 12.2 Å². The van der Waals surface area contributed by atoms with Gasteiger partial charge in [-0.25, -0.2) is 0 Å². The van der Waals surface area contributed by atoms with Crippen LogP contribution in [0.2, 0.25) is 0 Å². The molecule has 4 nitrogen and oxygen atoms in total. The van der Waals surface area contributed by atoms with Crippen molar-refractivity contribution in [3.8, 4) is 0 Å². The Morgan fingerprint density at radius 3 is 2.22 bits per heavy atom. The lowest BCUT2D eigenvalue weighted by Gasteiger charge is -2.11. The molecule has 0 unspecified atom stereocenters. The summed E-state index contributed by atoms with van der Waals surface area (Å²) in [4.78, 5) is 10.7. The van der Waals surface area contributed by atoms with Crippen LogP contribution in [-0.4, -0.2) is 24.1 Å². The Bertz CT molecular complexity index is 426. The predicted molar refractivity (Wildman–Crippen MR) is 78.8 cm³/mol. The fourth-order valence-electron chi connectivity index (χ4n) is 1.64. The zero-order valence-corrected chi connectivity index (χ0v) is 11.8. The summed E-state index contributed by atoms with van der Waals surface area (Å²) in [5.74, 6) is -0.0370. The first-order valence-electron chi connectivity index (χ1n) is 5.85. The van der Waals surface area contributed by atoms with Gasteiger partial charge in [0.25, 0.3) is 0 Å². The Morgan fingerprint density at radius 2 is 1.67 bits per heavy atom. The molecular formula is C13H19N3OS. The summed E-state index contributed by atoms with van der Waals surface area (Å²) in [6.07, 6.45) is 0. The zero-order chi connectivity index (χ0) is 13.5. The van der Waals surface area contributed by atoms with Gasteiger partial charge in [-0.15, -0.1) is 0 Å². The van der Waals surface area contributed by atoms with E-state index in [2.05, 4.69) is 22.0 Å². The third-order valence-electron chi connectivity index (χ3n) is 2.26. The lowest BCUT2D eigenvalue weighted by atomic mass is 10.1. The van der Waals surface area contributed by atoms with Crippen molar-refractivity contribution in [2.45, 2.75) is 20.8 Å². The van der Waals surface area contributed by atoms with Gasteiger partial charge < -0.3 is 16.0 Å². The van der Waals surface area contributed by atoms with Crippen molar-refractivity contribution in [3.05, 3.63) is 29.3 Å². The molecule has 1 aromatic carbocycles. The fraction of sp³-hybridized carbons (Fsp3) is 0.385. The molecule has 0 aromatic heterocycles. The minimum atomic E-state index is -0.0370. The number of rotatable bonds is 4. The minimum Gasteiger partial charge on any atom is -0.361 e. The molecule has 0 atom stereocenters. The van der Waals surface area contributed by atoms with Crippen molar-refractivity contribution in [1.82, 2.24) is 10.6 Å². The number of aryl methyl sites for hydroxylation is 2. The molecule has 0 fully saturated rings. The molecule has 0 radical (unpaired) electrons. The Balaban J connectivity index is 2.37. The molecule has 0 spiro atoms. The third kappa shape index (κ3) is 5.63. The van der Waals surface area contributed by atoms with E-state index >= 15 is 0 Å². The number of hydrogen-bond acceptors (Lipinski definition) is 2. The molecule has 0 aliphatic rings. The van der Waals surface area contributed by atoms with Crippen LogP contribution >= 0.6 is 12.2 Å². The first-order valence-corrected chi connectivity index (χ1v) is 6.26. The van der Waals surface area contributed by atoms with Gasteiger partial charge in [-0.2, -0.15) is 0 Å². The first kappa shape index (κ1) is 14.4. The molecule has 18 heavy (non-hydrogen) atoms. The summed E-state index contributed by atoms with van der Waals surface area (Å²) < 4.78 is 0. The van der Waals surface area contributed by atoms with E-state index < -0.39 is 0 Å². The molecular weight excluding hydrogens is 246 g/mol. The maximum Gasteiger partial charge on any atom is 0.216 e. The number of carbonyl (C=O) groups is 1. The van der Waals surface area contributed by atoms with Crippen LogP contribution in [0.4, 0.5) is 5.69 Å². The van der Waals surface area contributed by atoms with Gasteiger partial charge >= 0.3 is 0 Å². The van der Waals surface area contributed by atoms with E-state index in [0.29, 0.717) is 18.2 Å². The number of benzene rings is 1. The topological polar surface area (TPSA) is 53.2 Å². The van der Waals surface area contributed by atoms with Crippen molar-refractivity contribution < 1.29 is 4.79 Å². The maximum atomic E-state index is 10.7. The molecule has 1 amide bonds. The monoisotopic (exact) mass is 265 g/mol. The normalized spacial score (nSPS) is 9.72. The summed E-state index contributed by atoms with van der Waals surface area (Å²) in [5.41, 5.74) is 3.36. The average Bonchev–Trinajstić information content (AvgIpc) is 2.22.